The molecule has 0 rings (SSSR count). The Morgan fingerprint density at radius 2 is 1.12 bits per heavy atom. The van der Waals surface area contributed by atoms with E-state index in [2.05, 4.69) is 55.6 Å². The zero-order chi connectivity index (χ0) is 30.2. The molecule has 5 nitrogen and oxygen atoms in total. The van der Waals surface area contributed by atoms with Gasteiger partial charge in [-0.2, -0.15) is 0 Å². The van der Waals surface area contributed by atoms with Crippen LogP contribution < -0.4 is 5.32 Å². The Hall–Kier alpha value is -1.69. The minimum atomic E-state index is -0.961. The summed E-state index contributed by atoms with van der Waals surface area (Å²) in [4.78, 5) is 12.3. The molecule has 0 aliphatic carbocycles. The maximum atomic E-state index is 12.3. The van der Waals surface area contributed by atoms with E-state index >= 15 is 0 Å². The third-order valence-electron chi connectivity index (χ3n) is 7.33. The van der Waals surface area contributed by atoms with E-state index in [1.165, 1.54) is 64.2 Å². The summed E-state index contributed by atoms with van der Waals surface area (Å²) in [5, 5.41) is 32.8. The molecule has 0 saturated heterocycles. The topological polar surface area (TPSA) is 89.8 Å². The van der Waals surface area contributed by atoms with Crippen LogP contribution in [0, 0.1) is 0 Å². The van der Waals surface area contributed by atoms with Crippen LogP contribution in [0.25, 0.3) is 0 Å². The van der Waals surface area contributed by atoms with Gasteiger partial charge < -0.3 is 20.6 Å². The van der Waals surface area contributed by atoms with E-state index in [9.17, 15) is 20.1 Å². The van der Waals surface area contributed by atoms with Gasteiger partial charge in [-0.1, -0.05) is 127 Å². The number of aliphatic hydroxyl groups excluding tert-OH is 3. The lowest BCUT2D eigenvalue weighted by atomic mass is 10.0. The van der Waals surface area contributed by atoms with E-state index in [4.69, 9.17) is 0 Å². The highest BCUT2D eigenvalue weighted by molar-refractivity contribution is 5.76. The molecule has 0 fully saturated rings. The SMILES string of the molecule is CC/C=C/CC/C=C/CC/C=C/C(O)C(CO)NC(=O)CC(O)CCCCC/C=C\CCCCCCCCCCC. The number of amides is 1. The summed E-state index contributed by atoms with van der Waals surface area (Å²) in [6, 6.07) is -0.769. The van der Waals surface area contributed by atoms with Crippen LogP contribution in [0.3, 0.4) is 0 Å². The fraction of sp³-hybridized carbons (Fsp3) is 0.750. The molecule has 0 saturated carbocycles. The van der Waals surface area contributed by atoms with Gasteiger partial charge in [-0.25, -0.2) is 0 Å². The normalized spacial score (nSPS) is 14.6. The van der Waals surface area contributed by atoms with Gasteiger partial charge in [-0.15, -0.1) is 0 Å². The fourth-order valence-corrected chi connectivity index (χ4v) is 4.72. The number of nitrogens with one attached hydrogen (secondary N) is 1. The number of aliphatic hydroxyl groups is 3. The summed E-state index contributed by atoms with van der Waals surface area (Å²) >= 11 is 0. The van der Waals surface area contributed by atoms with E-state index in [1.54, 1.807) is 6.08 Å². The lowest BCUT2D eigenvalue weighted by Gasteiger charge is -2.20. The summed E-state index contributed by atoms with van der Waals surface area (Å²) in [6.45, 7) is 4.04. The van der Waals surface area contributed by atoms with Crippen molar-refractivity contribution in [1.82, 2.24) is 5.32 Å². The van der Waals surface area contributed by atoms with Crippen molar-refractivity contribution in [3.8, 4) is 0 Å². The van der Waals surface area contributed by atoms with Gasteiger partial charge in [0.25, 0.3) is 0 Å². The predicted molar refractivity (Wildman–Crippen MR) is 176 cm³/mol. The molecular weight excluding hydrogens is 510 g/mol. The van der Waals surface area contributed by atoms with Gasteiger partial charge in [-0.05, 0) is 64.2 Å². The van der Waals surface area contributed by atoms with Gasteiger partial charge in [0, 0.05) is 0 Å². The molecular formula is C36H65NO4. The van der Waals surface area contributed by atoms with Crippen molar-refractivity contribution in [2.24, 2.45) is 0 Å². The van der Waals surface area contributed by atoms with Crippen LogP contribution in [-0.2, 0) is 4.79 Å². The molecule has 0 radical (unpaired) electrons. The van der Waals surface area contributed by atoms with Gasteiger partial charge in [-0.3, -0.25) is 4.79 Å². The first-order chi connectivity index (χ1) is 20.0. The zero-order valence-electron chi connectivity index (χ0n) is 26.7. The van der Waals surface area contributed by atoms with Crippen LogP contribution in [0.2, 0.25) is 0 Å². The molecule has 0 spiro atoms. The molecule has 3 atom stereocenters. The predicted octanol–water partition coefficient (Wildman–Crippen LogP) is 8.64. The highest BCUT2D eigenvalue weighted by Gasteiger charge is 2.19. The van der Waals surface area contributed by atoms with Crippen molar-refractivity contribution >= 4 is 5.91 Å². The Morgan fingerprint density at radius 3 is 1.68 bits per heavy atom. The number of rotatable bonds is 29. The summed E-state index contributed by atoms with van der Waals surface area (Å²) in [7, 11) is 0. The molecule has 0 bridgehead atoms. The van der Waals surface area contributed by atoms with Crippen LogP contribution >= 0.6 is 0 Å². The van der Waals surface area contributed by atoms with E-state index in [1.807, 2.05) is 6.08 Å². The van der Waals surface area contributed by atoms with E-state index in [0.717, 1.165) is 57.8 Å². The molecule has 0 aromatic carbocycles. The summed E-state index contributed by atoms with van der Waals surface area (Å²) in [6.07, 6.45) is 38.1. The maximum Gasteiger partial charge on any atom is 0.222 e. The van der Waals surface area contributed by atoms with E-state index in [-0.39, 0.29) is 18.9 Å². The molecule has 0 aromatic rings. The molecule has 0 heterocycles. The van der Waals surface area contributed by atoms with E-state index < -0.39 is 18.2 Å². The van der Waals surface area contributed by atoms with Gasteiger partial charge in [0.1, 0.15) is 0 Å². The Bertz CT molecular complexity index is 685. The van der Waals surface area contributed by atoms with Crippen LogP contribution in [0.4, 0.5) is 0 Å². The van der Waals surface area contributed by atoms with Gasteiger partial charge in [0.15, 0.2) is 0 Å². The second-order valence-electron chi connectivity index (χ2n) is 11.4. The standard InChI is InChI=1S/C36H65NO4/c1-3-5-7-9-11-13-15-16-17-18-19-20-21-23-25-27-29-33(39)31-36(41)37-34(32-38)35(40)30-28-26-24-22-14-12-10-8-6-4-2/h6,8,14,19-20,22,28,30,33-35,38-40H,3-5,7,9-13,15-18,21,23-27,29,31-32H2,1-2H3,(H,37,41)/b8-6+,20-19-,22-14+,30-28+. The lowest BCUT2D eigenvalue weighted by molar-refractivity contribution is -0.124. The molecule has 3 unspecified atom stereocenters. The van der Waals surface area contributed by atoms with Crippen LogP contribution in [0.1, 0.15) is 149 Å². The summed E-state index contributed by atoms with van der Waals surface area (Å²) in [5.74, 6) is -0.344. The number of carbonyl (C=O) groups is 1. The molecule has 4 N–H and O–H groups in total. The molecule has 0 aliphatic heterocycles. The lowest BCUT2D eigenvalue weighted by Crippen LogP contribution is -2.45. The highest BCUT2D eigenvalue weighted by atomic mass is 16.3. The second kappa shape index (κ2) is 31.3. The van der Waals surface area contributed by atoms with Crippen molar-refractivity contribution in [1.29, 1.82) is 0 Å². The molecule has 0 aliphatic rings. The number of unbranched alkanes of at least 4 members (excludes halogenated alkanes) is 14. The first-order valence-electron chi connectivity index (χ1n) is 16.9. The first-order valence-corrected chi connectivity index (χ1v) is 16.9. The first kappa shape index (κ1) is 39.3. The summed E-state index contributed by atoms with van der Waals surface area (Å²) < 4.78 is 0. The minimum absolute atomic E-state index is 0.0101. The Kier molecular flexibility index (Phi) is 30.0. The van der Waals surface area contributed by atoms with Gasteiger partial charge >= 0.3 is 0 Å². The molecule has 238 valence electrons. The third kappa shape index (κ3) is 28.2. The fourth-order valence-electron chi connectivity index (χ4n) is 4.72. The average molecular weight is 576 g/mol. The maximum absolute atomic E-state index is 12.3. The molecule has 41 heavy (non-hydrogen) atoms. The average Bonchev–Trinajstić information content (AvgIpc) is 2.96. The number of hydrogen-bond donors (Lipinski definition) is 4. The van der Waals surface area contributed by atoms with Crippen molar-refractivity contribution in [2.75, 3.05) is 6.61 Å². The monoisotopic (exact) mass is 575 g/mol. The Balaban J connectivity index is 3.82. The smallest absolute Gasteiger partial charge is 0.222 e. The van der Waals surface area contributed by atoms with Gasteiger partial charge in [0.05, 0.1) is 31.3 Å². The van der Waals surface area contributed by atoms with Crippen LogP contribution in [0.15, 0.2) is 48.6 Å². The van der Waals surface area contributed by atoms with Crippen molar-refractivity contribution in [3.05, 3.63) is 48.6 Å². The number of allylic oxidation sites excluding steroid dienone is 7. The quantitative estimate of drug-likeness (QED) is 0.0531. The zero-order valence-corrected chi connectivity index (χ0v) is 26.7. The van der Waals surface area contributed by atoms with E-state index in [0.29, 0.717) is 6.42 Å². The summed E-state index contributed by atoms with van der Waals surface area (Å²) in [5.41, 5.74) is 0. The Labute approximate surface area is 253 Å². The minimum Gasteiger partial charge on any atom is -0.394 e. The van der Waals surface area contributed by atoms with Crippen molar-refractivity contribution in [2.45, 2.75) is 167 Å². The highest BCUT2D eigenvalue weighted by Crippen LogP contribution is 2.12. The van der Waals surface area contributed by atoms with Crippen LogP contribution in [-0.4, -0.2) is 46.1 Å². The van der Waals surface area contributed by atoms with Crippen molar-refractivity contribution < 1.29 is 20.1 Å². The molecule has 5 heteroatoms. The third-order valence-corrected chi connectivity index (χ3v) is 7.33. The number of hydrogen-bond acceptors (Lipinski definition) is 4. The molecule has 1 amide bonds. The van der Waals surface area contributed by atoms with Crippen LogP contribution in [0.5, 0.6) is 0 Å². The Morgan fingerprint density at radius 1 is 0.634 bits per heavy atom. The molecule has 0 aromatic heterocycles. The number of carbonyl (C=O) groups excluding carboxylic acids is 1. The van der Waals surface area contributed by atoms with Crippen molar-refractivity contribution in [3.63, 3.8) is 0 Å². The second-order valence-corrected chi connectivity index (χ2v) is 11.4. The largest absolute Gasteiger partial charge is 0.394 e. The van der Waals surface area contributed by atoms with Gasteiger partial charge in [0.2, 0.25) is 5.91 Å².